The molecule has 49 heavy (non-hydrogen) atoms. The molecule has 6 heterocycles. The average molecular weight is 672 g/mol. The van der Waals surface area contributed by atoms with Crippen LogP contribution in [0.2, 0.25) is 0 Å². The van der Waals surface area contributed by atoms with Crippen molar-refractivity contribution in [2.45, 2.75) is 62.6 Å². The number of terminal acetylenes is 1. The van der Waals surface area contributed by atoms with E-state index in [0.29, 0.717) is 53.8 Å². The lowest BCUT2D eigenvalue weighted by atomic mass is 9.91. The zero-order chi connectivity index (χ0) is 33.8. The number of aromatic nitrogens is 2. The number of furan rings is 1. The fraction of sp³-hybridized carbons (Fsp3) is 0.405. The van der Waals surface area contributed by atoms with Gasteiger partial charge in [-0.15, -0.1) is 6.42 Å². The Morgan fingerprint density at radius 3 is 2.69 bits per heavy atom. The Kier molecular flexibility index (Phi) is 6.65. The van der Waals surface area contributed by atoms with E-state index in [2.05, 4.69) is 21.1 Å². The summed E-state index contributed by atoms with van der Waals surface area (Å²) in [5, 5.41) is 16.0. The van der Waals surface area contributed by atoms with Crippen molar-refractivity contribution in [3.63, 3.8) is 0 Å². The highest BCUT2D eigenvalue weighted by Gasteiger charge is 2.57. The molecule has 2 N–H and O–H groups in total. The van der Waals surface area contributed by atoms with E-state index < -0.39 is 23.1 Å². The molecule has 0 aliphatic carbocycles. The van der Waals surface area contributed by atoms with E-state index in [-0.39, 0.29) is 76.6 Å². The molecule has 4 aliphatic rings. The third-order valence-electron chi connectivity index (χ3n) is 10.9. The van der Waals surface area contributed by atoms with Crippen molar-refractivity contribution in [1.82, 2.24) is 20.2 Å². The Morgan fingerprint density at radius 1 is 1.12 bits per heavy atom. The third-order valence-corrected chi connectivity index (χ3v) is 10.9. The normalized spacial score (nSPS) is 24.7. The van der Waals surface area contributed by atoms with Crippen molar-refractivity contribution in [1.29, 1.82) is 0 Å². The minimum absolute atomic E-state index is 0.0504. The molecule has 2 bridgehead atoms. The second-order valence-corrected chi connectivity index (χ2v) is 14.1. The number of piperazine rings is 1. The minimum atomic E-state index is -2.83. The lowest BCUT2D eigenvalue weighted by Crippen LogP contribution is -2.51. The largest absolute Gasteiger partial charge is 0.508 e. The Hall–Kier alpha value is -4.60. The summed E-state index contributed by atoms with van der Waals surface area (Å²) in [6.45, 7) is 3.15. The predicted octanol–water partition coefficient (Wildman–Crippen LogP) is 6.66. The molecule has 2 aromatic heterocycles. The lowest BCUT2D eigenvalue weighted by molar-refractivity contribution is 0.00803. The molecule has 4 saturated heterocycles. The molecule has 0 spiro atoms. The Morgan fingerprint density at radius 2 is 1.92 bits per heavy atom. The summed E-state index contributed by atoms with van der Waals surface area (Å²) < 4.78 is 74.2. The van der Waals surface area contributed by atoms with Gasteiger partial charge in [0.05, 0.1) is 28.6 Å². The number of nitrogens with one attached hydrogen (secondary N) is 1. The van der Waals surface area contributed by atoms with Crippen LogP contribution in [0.5, 0.6) is 11.8 Å². The fourth-order valence-corrected chi connectivity index (χ4v) is 8.88. The number of aromatic hydroxyl groups is 1. The summed E-state index contributed by atoms with van der Waals surface area (Å²) in [5.41, 5.74) is -0.750. The van der Waals surface area contributed by atoms with Crippen LogP contribution in [0.4, 0.5) is 23.4 Å². The molecule has 4 fully saturated rings. The fourth-order valence-electron chi connectivity index (χ4n) is 8.88. The molecular weight excluding hydrogens is 638 g/mol. The first kappa shape index (κ1) is 30.5. The topological polar surface area (TPSA) is 86.9 Å². The van der Waals surface area contributed by atoms with Gasteiger partial charge in [-0.1, -0.05) is 12.0 Å². The highest BCUT2D eigenvalue weighted by Crippen LogP contribution is 2.48. The van der Waals surface area contributed by atoms with Crippen LogP contribution in [0.15, 0.2) is 34.7 Å². The van der Waals surface area contributed by atoms with E-state index in [0.717, 1.165) is 19.3 Å². The van der Waals surface area contributed by atoms with Gasteiger partial charge in [-0.05, 0) is 68.8 Å². The van der Waals surface area contributed by atoms with Crippen LogP contribution in [0.3, 0.4) is 0 Å². The summed E-state index contributed by atoms with van der Waals surface area (Å²) in [6, 6.07) is 7.57. The Bertz CT molecular complexity index is 2240. The molecule has 252 valence electrons. The van der Waals surface area contributed by atoms with Gasteiger partial charge in [0.15, 0.2) is 5.82 Å². The third kappa shape index (κ3) is 4.73. The summed E-state index contributed by atoms with van der Waals surface area (Å²) in [6.07, 6.45) is 8.77. The van der Waals surface area contributed by atoms with E-state index in [1.54, 1.807) is 17.9 Å². The molecule has 8 nitrogen and oxygen atoms in total. The molecule has 0 radical (unpaired) electrons. The van der Waals surface area contributed by atoms with Crippen LogP contribution < -0.4 is 15.0 Å². The number of rotatable bonds is 5. The monoisotopic (exact) mass is 671 g/mol. The van der Waals surface area contributed by atoms with Gasteiger partial charge in [-0.25, -0.2) is 17.6 Å². The Labute approximate surface area is 279 Å². The van der Waals surface area contributed by atoms with Crippen LogP contribution >= 0.6 is 0 Å². The van der Waals surface area contributed by atoms with E-state index in [4.69, 9.17) is 20.6 Å². The molecule has 0 amide bonds. The maximum absolute atomic E-state index is 17.5. The number of benzene rings is 3. The van der Waals surface area contributed by atoms with Gasteiger partial charge in [0.1, 0.15) is 40.9 Å². The average Bonchev–Trinajstić information content (AvgIpc) is 3.79. The predicted molar refractivity (Wildman–Crippen MR) is 177 cm³/mol. The van der Waals surface area contributed by atoms with Gasteiger partial charge in [-0.2, -0.15) is 9.97 Å². The molecule has 12 heteroatoms. The molecule has 5 aromatic rings. The van der Waals surface area contributed by atoms with Gasteiger partial charge < -0.3 is 24.5 Å². The van der Waals surface area contributed by atoms with Gasteiger partial charge in [0, 0.05) is 47.9 Å². The van der Waals surface area contributed by atoms with Crippen molar-refractivity contribution in [3.05, 3.63) is 53.3 Å². The number of halogens is 4. The minimum Gasteiger partial charge on any atom is -0.508 e. The van der Waals surface area contributed by atoms with Gasteiger partial charge in [-0.3, -0.25) is 4.90 Å². The first-order valence-corrected chi connectivity index (χ1v) is 16.6. The summed E-state index contributed by atoms with van der Waals surface area (Å²) in [7, 11) is 0. The lowest BCUT2D eigenvalue weighted by Gasteiger charge is -2.34. The first-order valence-electron chi connectivity index (χ1n) is 16.6. The molecule has 4 aliphatic heterocycles. The van der Waals surface area contributed by atoms with Crippen molar-refractivity contribution in [3.8, 4) is 35.2 Å². The van der Waals surface area contributed by atoms with Crippen LogP contribution in [0, 0.1) is 30.9 Å². The number of nitrogens with zero attached hydrogens (tertiary/aromatic N) is 4. The zero-order valence-electron chi connectivity index (χ0n) is 26.8. The second-order valence-electron chi connectivity index (χ2n) is 14.1. The number of ether oxygens (including phenoxy) is 1. The van der Waals surface area contributed by atoms with Crippen molar-refractivity contribution in [2.75, 3.05) is 37.7 Å². The number of anilines is 1. The smallest absolute Gasteiger partial charge is 0.319 e. The van der Waals surface area contributed by atoms with Crippen molar-refractivity contribution >= 4 is 38.5 Å². The first-order chi connectivity index (χ1) is 23.5. The standard InChI is InChI=1S/C37H33F4N5O3/c1-3-24-27(38)8-5-20-12-23(47)13-25(28(20)24)29-31(39)32-30(26-11-19(2)49-33(26)29)34(45-14-21-6-7-22(15-45)42-21)44-35(43-32)48-18-36-9-4-10-46(36)17-37(40,41)16-36/h1,5,8,11-13,21-22,42,47H,4,6-7,9-10,14-18H2,2H3/t21?,22?,36-/m0/s1. The van der Waals surface area contributed by atoms with E-state index in [1.165, 1.54) is 24.3 Å². The SMILES string of the molecule is C#Cc1c(F)ccc2cc(O)cc(-c3c(F)c4nc(OC[C@@]56CCCN5CC(F)(F)C6)nc(N5CC6CCC(C5)N6)c4c4cc(C)oc34)c12. The molecule has 0 saturated carbocycles. The molecule has 3 atom stereocenters. The zero-order valence-corrected chi connectivity index (χ0v) is 26.8. The molecule has 9 rings (SSSR count). The van der Waals surface area contributed by atoms with Crippen LogP contribution in [-0.2, 0) is 0 Å². The second kappa shape index (κ2) is 10.7. The van der Waals surface area contributed by atoms with Gasteiger partial charge in [0.2, 0.25) is 0 Å². The maximum atomic E-state index is 17.5. The molecule has 3 aromatic carbocycles. The van der Waals surface area contributed by atoms with Gasteiger partial charge >= 0.3 is 6.01 Å². The van der Waals surface area contributed by atoms with Crippen LogP contribution in [0.1, 0.15) is 43.4 Å². The quantitative estimate of drug-likeness (QED) is 0.159. The van der Waals surface area contributed by atoms with Crippen LogP contribution in [-0.4, -0.2) is 76.3 Å². The van der Waals surface area contributed by atoms with Crippen molar-refractivity contribution in [2.24, 2.45) is 0 Å². The number of hydrogen-bond donors (Lipinski definition) is 2. The Balaban J connectivity index is 1.29. The molecule has 2 unspecified atom stereocenters. The summed E-state index contributed by atoms with van der Waals surface area (Å²) in [4.78, 5) is 13.4. The number of phenolic OH excluding ortho intramolecular Hbond substituents is 1. The van der Waals surface area contributed by atoms with E-state index in [9.17, 15) is 13.9 Å². The number of fused-ring (bicyclic) bond motifs is 7. The van der Waals surface area contributed by atoms with Crippen molar-refractivity contribution < 1.29 is 31.8 Å². The highest BCUT2D eigenvalue weighted by molar-refractivity contribution is 6.18. The van der Waals surface area contributed by atoms with E-state index in [1.807, 2.05) is 0 Å². The van der Waals surface area contributed by atoms with Crippen LogP contribution in [0.25, 0.3) is 43.8 Å². The number of hydrogen-bond acceptors (Lipinski definition) is 8. The number of alkyl halides is 2. The number of aryl methyl sites for hydroxylation is 1. The van der Waals surface area contributed by atoms with E-state index >= 15 is 8.78 Å². The highest BCUT2D eigenvalue weighted by atomic mass is 19.3. The summed E-state index contributed by atoms with van der Waals surface area (Å²) >= 11 is 0. The molecular formula is C37H33F4N5O3. The summed E-state index contributed by atoms with van der Waals surface area (Å²) in [5.74, 6) is -1.12. The maximum Gasteiger partial charge on any atom is 0.319 e. The number of phenols is 1. The van der Waals surface area contributed by atoms with Gasteiger partial charge in [0.25, 0.3) is 5.92 Å².